The van der Waals surface area contributed by atoms with Gasteiger partial charge in [-0.15, -0.1) is 11.3 Å². The average Bonchev–Trinajstić information content (AvgIpc) is 3.10. The highest BCUT2D eigenvalue weighted by Gasteiger charge is 2.29. The number of hydrogen-bond acceptors (Lipinski definition) is 3. The van der Waals surface area contributed by atoms with Crippen molar-refractivity contribution in [3.05, 3.63) is 45.8 Å². The van der Waals surface area contributed by atoms with Crippen LogP contribution in [0.3, 0.4) is 0 Å². The molecule has 25 heavy (non-hydrogen) atoms. The summed E-state index contributed by atoms with van der Waals surface area (Å²) < 4.78 is 0. The minimum atomic E-state index is -0.269. The van der Waals surface area contributed by atoms with Gasteiger partial charge >= 0.3 is 6.03 Å². The Bertz CT molecular complexity index is 767. The summed E-state index contributed by atoms with van der Waals surface area (Å²) in [5.41, 5.74) is 0.524. The molecule has 1 atom stereocenters. The first-order chi connectivity index (χ1) is 12.0. The van der Waals surface area contributed by atoms with Crippen LogP contribution in [0, 0.1) is 5.92 Å². The lowest BCUT2D eigenvalue weighted by Gasteiger charge is -2.32. The number of carbonyl (C=O) groups is 2. The van der Waals surface area contributed by atoms with E-state index in [1.54, 1.807) is 23.1 Å². The fourth-order valence-electron chi connectivity index (χ4n) is 2.74. The third-order valence-electron chi connectivity index (χ3n) is 4.02. The van der Waals surface area contributed by atoms with Crippen molar-refractivity contribution in [2.45, 2.75) is 12.8 Å². The van der Waals surface area contributed by atoms with Crippen LogP contribution in [-0.2, 0) is 4.79 Å². The molecular formula is C17H17Cl2N3O2S. The van der Waals surface area contributed by atoms with Crippen LogP contribution in [0.1, 0.15) is 12.8 Å². The number of likely N-dealkylation sites (tertiary alicyclic amines) is 1. The van der Waals surface area contributed by atoms with Crippen molar-refractivity contribution in [1.29, 1.82) is 0 Å². The van der Waals surface area contributed by atoms with Crippen LogP contribution >= 0.6 is 34.5 Å². The van der Waals surface area contributed by atoms with E-state index in [1.165, 1.54) is 11.3 Å². The molecule has 8 heteroatoms. The fraction of sp³-hybridized carbons (Fsp3) is 0.294. The minimum Gasteiger partial charge on any atom is -0.324 e. The zero-order chi connectivity index (χ0) is 17.8. The van der Waals surface area contributed by atoms with Crippen molar-refractivity contribution in [3.8, 4) is 0 Å². The van der Waals surface area contributed by atoms with Crippen LogP contribution in [0.5, 0.6) is 0 Å². The standard InChI is InChI=1S/C17H17Cl2N3O2S/c18-12-5-6-14(13(19)9-12)20-16(23)11-3-1-7-22(10-11)17(24)21-15-4-2-8-25-15/h2,4-6,8-9,11H,1,3,7,10H2,(H,20,23)(H,21,24). The van der Waals surface area contributed by atoms with Crippen LogP contribution < -0.4 is 10.6 Å². The number of nitrogens with zero attached hydrogens (tertiary/aromatic N) is 1. The number of piperidine rings is 1. The molecule has 3 amide bonds. The van der Waals surface area contributed by atoms with Crippen molar-refractivity contribution >= 4 is 57.2 Å². The Hall–Kier alpha value is -1.76. The van der Waals surface area contributed by atoms with E-state index < -0.39 is 0 Å². The van der Waals surface area contributed by atoms with Crippen molar-refractivity contribution in [2.24, 2.45) is 5.92 Å². The molecule has 3 rings (SSSR count). The average molecular weight is 398 g/mol. The molecule has 0 spiro atoms. The molecular weight excluding hydrogens is 381 g/mol. The lowest BCUT2D eigenvalue weighted by molar-refractivity contribution is -0.121. The highest BCUT2D eigenvalue weighted by atomic mass is 35.5. The normalized spacial score (nSPS) is 17.2. The van der Waals surface area contributed by atoms with Crippen LogP contribution in [0.25, 0.3) is 0 Å². The number of anilines is 2. The molecule has 2 heterocycles. The Morgan fingerprint density at radius 1 is 1.20 bits per heavy atom. The monoisotopic (exact) mass is 397 g/mol. The Morgan fingerprint density at radius 3 is 2.76 bits per heavy atom. The van der Waals surface area contributed by atoms with E-state index in [4.69, 9.17) is 23.2 Å². The molecule has 0 aliphatic carbocycles. The SMILES string of the molecule is O=C(Nc1ccc(Cl)cc1Cl)C1CCCN(C(=O)Nc2cccs2)C1. The summed E-state index contributed by atoms with van der Waals surface area (Å²) in [5.74, 6) is -0.410. The minimum absolute atomic E-state index is 0.141. The Morgan fingerprint density at radius 2 is 2.04 bits per heavy atom. The topological polar surface area (TPSA) is 61.4 Å². The van der Waals surface area contributed by atoms with E-state index in [9.17, 15) is 9.59 Å². The second-order valence-electron chi connectivity index (χ2n) is 5.81. The number of rotatable bonds is 3. The smallest absolute Gasteiger partial charge is 0.322 e. The summed E-state index contributed by atoms with van der Waals surface area (Å²) in [5, 5.41) is 9.28. The molecule has 2 N–H and O–H groups in total. The van der Waals surface area contributed by atoms with Gasteiger partial charge in [-0.25, -0.2) is 4.79 Å². The second kappa shape index (κ2) is 8.08. The number of amides is 3. The van der Waals surface area contributed by atoms with Gasteiger partial charge in [-0.2, -0.15) is 0 Å². The number of hydrogen-bond donors (Lipinski definition) is 2. The van der Waals surface area contributed by atoms with E-state index in [0.717, 1.165) is 17.8 Å². The summed E-state index contributed by atoms with van der Waals surface area (Å²) >= 11 is 13.4. The van der Waals surface area contributed by atoms with Gasteiger partial charge in [0.15, 0.2) is 0 Å². The van der Waals surface area contributed by atoms with E-state index in [-0.39, 0.29) is 17.9 Å². The molecule has 1 unspecified atom stereocenters. The van der Waals surface area contributed by atoms with Gasteiger partial charge in [-0.05, 0) is 48.6 Å². The van der Waals surface area contributed by atoms with E-state index in [1.807, 2.05) is 17.5 Å². The highest BCUT2D eigenvalue weighted by molar-refractivity contribution is 7.14. The fourth-order valence-corrected chi connectivity index (χ4v) is 3.80. The molecule has 1 aliphatic heterocycles. The molecule has 1 aliphatic rings. The van der Waals surface area contributed by atoms with Gasteiger partial charge in [0.05, 0.1) is 21.6 Å². The van der Waals surface area contributed by atoms with Crippen LogP contribution in [0.2, 0.25) is 10.0 Å². The first-order valence-corrected chi connectivity index (χ1v) is 9.52. The van der Waals surface area contributed by atoms with Crippen molar-refractivity contribution in [3.63, 3.8) is 0 Å². The maximum Gasteiger partial charge on any atom is 0.322 e. The molecule has 0 radical (unpaired) electrons. The summed E-state index contributed by atoms with van der Waals surface area (Å²) in [6.45, 7) is 1.02. The van der Waals surface area contributed by atoms with Gasteiger partial charge in [-0.1, -0.05) is 23.2 Å². The molecule has 0 bridgehead atoms. The van der Waals surface area contributed by atoms with E-state index in [0.29, 0.717) is 28.8 Å². The summed E-state index contributed by atoms with van der Waals surface area (Å²) in [6.07, 6.45) is 1.52. The Labute approximate surface area is 159 Å². The molecule has 0 saturated carbocycles. The summed E-state index contributed by atoms with van der Waals surface area (Å²) in [7, 11) is 0. The maximum absolute atomic E-state index is 12.5. The van der Waals surface area contributed by atoms with Gasteiger partial charge in [0.1, 0.15) is 0 Å². The Kier molecular flexibility index (Phi) is 5.83. The van der Waals surface area contributed by atoms with E-state index in [2.05, 4.69) is 10.6 Å². The first kappa shape index (κ1) is 18.0. The highest BCUT2D eigenvalue weighted by Crippen LogP contribution is 2.27. The van der Waals surface area contributed by atoms with Gasteiger partial charge in [0.25, 0.3) is 0 Å². The van der Waals surface area contributed by atoms with Crippen LogP contribution in [0.15, 0.2) is 35.7 Å². The van der Waals surface area contributed by atoms with Gasteiger partial charge in [0, 0.05) is 18.1 Å². The number of benzene rings is 1. The van der Waals surface area contributed by atoms with Crippen LogP contribution in [-0.4, -0.2) is 29.9 Å². The molecule has 5 nitrogen and oxygen atoms in total. The predicted molar refractivity (Wildman–Crippen MR) is 103 cm³/mol. The molecule has 2 aromatic rings. The Balaban J connectivity index is 1.60. The molecule has 1 fully saturated rings. The number of nitrogens with one attached hydrogen (secondary N) is 2. The zero-order valence-electron chi connectivity index (χ0n) is 13.3. The molecule has 1 aromatic heterocycles. The number of thiophene rings is 1. The van der Waals surface area contributed by atoms with Gasteiger partial charge < -0.3 is 10.2 Å². The summed E-state index contributed by atoms with van der Waals surface area (Å²) in [6, 6.07) is 8.48. The first-order valence-electron chi connectivity index (χ1n) is 7.88. The summed E-state index contributed by atoms with van der Waals surface area (Å²) in [4.78, 5) is 26.5. The molecule has 132 valence electrons. The van der Waals surface area contributed by atoms with Crippen LogP contribution in [0.4, 0.5) is 15.5 Å². The molecule has 1 saturated heterocycles. The van der Waals surface area contributed by atoms with Crippen molar-refractivity contribution in [1.82, 2.24) is 4.90 Å². The maximum atomic E-state index is 12.5. The molecule has 1 aromatic carbocycles. The number of carbonyl (C=O) groups excluding carboxylic acids is 2. The largest absolute Gasteiger partial charge is 0.324 e. The number of halogens is 2. The second-order valence-corrected chi connectivity index (χ2v) is 7.60. The lowest BCUT2D eigenvalue weighted by atomic mass is 9.97. The third kappa shape index (κ3) is 4.66. The predicted octanol–water partition coefficient (Wildman–Crippen LogP) is 4.94. The van der Waals surface area contributed by atoms with Crippen molar-refractivity contribution < 1.29 is 9.59 Å². The quantitative estimate of drug-likeness (QED) is 0.770. The van der Waals surface area contributed by atoms with Gasteiger partial charge in [-0.3, -0.25) is 10.1 Å². The van der Waals surface area contributed by atoms with E-state index >= 15 is 0 Å². The number of urea groups is 1. The van der Waals surface area contributed by atoms with Crippen molar-refractivity contribution in [2.75, 3.05) is 23.7 Å². The lowest BCUT2D eigenvalue weighted by Crippen LogP contribution is -2.45. The zero-order valence-corrected chi connectivity index (χ0v) is 15.6. The van der Waals surface area contributed by atoms with Gasteiger partial charge in [0.2, 0.25) is 5.91 Å². The third-order valence-corrected chi connectivity index (χ3v) is 5.35.